The van der Waals surface area contributed by atoms with Crippen molar-refractivity contribution in [3.63, 3.8) is 0 Å². The Bertz CT molecular complexity index is 258. The van der Waals surface area contributed by atoms with E-state index in [1.807, 2.05) is 0 Å². The van der Waals surface area contributed by atoms with Crippen LogP contribution in [0.25, 0.3) is 0 Å². The summed E-state index contributed by atoms with van der Waals surface area (Å²) in [4.78, 5) is 14.4. The molecule has 1 fully saturated rings. The molecule has 18 heavy (non-hydrogen) atoms. The summed E-state index contributed by atoms with van der Waals surface area (Å²) in [5, 5.41) is 3.09. The number of hydrogen-bond acceptors (Lipinski definition) is 3. The van der Waals surface area contributed by atoms with Crippen LogP contribution < -0.4 is 11.1 Å². The number of nitrogens with zero attached hydrogens (tertiary/aromatic N) is 1. The lowest BCUT2D eigenvalue weighted by Crippen LogP contribution is -2.50. The largest absolute Gasteiger partial charge is 0.352 e. The van der Waals surface area contributed by atoms with Crippen LogP contribution in [0.3, 0.4) is 0 Å². The molecule has 1 amide bonds. The van der Waals surface area contributed by atoms with Crippen LogP contribution in [0.2, 0.25) is 0 Å². The Hall–Kier alpha value is -0.610. The van der Waals surface area contributed by atoms with E-state index in [1.165, 1.54) is 0 Å². The number of nitrogens with two attached hydrogens (primary N) is 1. The van der Waals surface area contributed by atoms with Crippen LogP contribution in [0.4, 0.5) is 0 Å². The van der Waals surface area contributed by atoms with Crippen molar-refractivity contribution in [2.24, 2.45) is 11.7 Å². The summed E-state index contributed by atoms with van der Waals surface area (Å²) in [6, 6.07) is 0.559. The number of hydrogen-bond donors (Lipinski definition) is 2. The smallest absolute Gasteiger partial charge is 0.237 e. The van der Waals surface area contributed by atoms with Gasteiger partial charge < -0.3 is 16.0 Å². The highest BCUT2D eigenvalue weighted by Crippen LogP contribution is 2.13. The van der Waals surface area contributed by atoms with Gasteiger partial charge in [0.05, 0.1) is 6.04 Å². The van der Waals surface area contributed by atoms with E-state index in [2.05, 4.69) is 37.9 Å². The second-order valence-electron chi connectivity index (χ2n) is 6.15. The van der Waals surface area contributed by atoms with E-state index in [0.717, 1.165) is 32.4 Å². The van der Waals surface area contributed by atoms with Crippen molar-refractivity contribution < 1.29 is 4.79 Å². The van der Waals surface area contributed by atoms with Crippen molar-refractivity contribution in [1.82, 2.24) is 10.2 Å². The quantitative estimate of drug-likeness (QED) is 0.779. The van der Waals surface area contributed by atoms with Crippen molar-refractivity contribution in [2.75, 3.05) is 13.1 Å². The molecule has 1 aliphatic rings. The fraction of sp³-hybridized carbons (Fsp3) is 0.929. The Balaban J connectivity index is 2.30. The van der Waals surface area contributed by atoms with Crippen LogP contribution in [0.5, 0.6) is 0 Å². The average Bonchev–Trinajstić information content (AvgIpc) is 2.28. The molecule has 0 radical (unpaired) electrons. The minimum Gasteiger partial charge on any atom is -0.352 e. The first-order valence-corrected chi connectivity index (χ1v) is 7.20. The summed E-state index contributed by atoms with van der Waals surface area (Å²) in [5.74, 6) is 0.486. The van der Waals surface area contributed by atoms with E-state index < -0.39 is 0 Å². The molecule has 0 spiro atoms. The fourth-order valence-corrected chi connectivity index (χ4v) is 2.48. The summed E-state index contributed by atoms with van der Waals surface area (Å²) in [6.07, 6.45) is 2.84. The zero-order valence-corrected chi connectivity index (χ0v) is 12.3. The van der Waals surface area contributed by atoms with Crippen LogP contribution in [0, 0.1) is 5.92 Å². The van der Waals surface area contributed by atoms with Gasteiger partial charge in [0.15, 0.2) is 0 Å². The molecule has 0 aromatic carbocycles. The lowest BCUT2D eigenvalue weighted by atomic mass is 10.0. The van der Waals surface area contributed by atoms with E-state index in [0.29, 0.717) is 18.0 Å². The number of rotatable bonds is 5. The molecule has 1 atom stereocenters. The number of carbonyl (C=O) groups is 1. The SMILES string of the molecule is CC(C)C[C@H](N)C(=O)NC1CCN(C(C)C)CC1. The minimum atomic E-state index is -0.354. The van der Waals surface area contributed by atoms with Crippen LogP contribution in [0.15, 0.2) is 0 Å². The van der Waals surface area contributed by atoms with Crippen LogP contribution >= 0.6 is 0 Å². The van der Waals surface area contributed by atoms with Crippen molar-refractivity contribution in [3.8, 4) is 0 Å². The standard InChI is InChI=1S/C14H29N3O/c1-10(2)9-13(15)14(18)16-12-5-7-17(8-6-12)11(3)4/h10-13H,5-9,15H2,1-4H3,(H,16,18)/t13-/m0/s1. The van der Waals surface area contributed by atoms with Gasteiger partial charge in [-0.1, -0.05) is 13.8 Å². The highest BCUT2D eigenvalue weighted by atomic mass is 16.2. The maximum Gasteiger partial charge on any atom is 0.237 e. The Kier molecular flexibility index (Phi) is 6.09. The van der Waals surface area contributed by atoms with Gasteiger partial charge in [0.2, 0.25) is 5.91 Å². The second kappa shape index (κ2) is 7.10. The molecule has 0 unspecified atom stereocenters. The molecule has 0 aromatic rings. The zero-order chi connectivity index (χ0) is 13.7. The zero-order valence-electron chi connectivity index (χ0n) is 12.3. The van der Waals surface area contributed by atoms with E-state index >= 15 is 0 Å². The maximum atomic E-state index is 11.9. The highest BCUT2D eigenvalue weighted by molar-refractivity contribution is 5.81. The summed E-state index contributed by atoms with van der Waals surface area (Å²) in [7, 11) is 0. The van der Waals surface area contributed by atoms with Crippen molar-refractivity contribution in [2.45, 2.75) is 65.1 Å². The molecule has 1 aliphatic heterocycles. The Morgan fingerprint density at radius 3 is 2.28 bits per heavy atom. The third kappa shape index (κ3) is 4.94. The lowest BCUT2D eigenvalue weighted by Gasteiger charge is -2.35. The van der Waals surface area contributed by atoms with Gasteiger partial charge >= 0.3 is 0 Å². The van der Waals surface area contributed by atoms with Gasteiger partial charge in [-0.2, -0.15) is 0 Å². The van der Waals surface area contributed by atoms with E-state index in [-0.39, 0.29) is 11.9 Å². The molecule has 4 nitrogen and oxygen atoms in total. The first-order valence-electron chi connectivity index (χ1n) is 7.20. The third-order valence-electron chi connectivity index (χ3n) is 3.67. The molecular formula is C14H29N3O. The molecule has 0 bridgehead atoms. The van der Waals surface area contributed by atoms with Gasteiger partial charge in [-0.3, -0.25) is 4.79 Å². The average molecular weight is 255 g/mol. The topological polar surface area (TPSA) is 58.4 Å². The molecule has 106 valence electrons. The first kappa shape index (κ1) is 15.4. The van der Waals surface area contributed by atoms with Crippen LogP contribution in [-0.4, -0.2) is 42.0 Å². The normalized spacial score (nSPS) is 20.4. The van der Waals surface area contributed by atoms with E-state index in [1.54, 1.807) is 0 Å². The lowest BCUT2D eigenvalue weighted by molar-refractivity contribution is -0.123. The van der Waals surface area contributed by atoms with Gasteiger partial charge in [0.1, 0.15) is 0 Å². The number of piperidine rings is 1. The number of carbonyl (C=O) groups excluding carboxylic acids is 1. The predicted octanol–water partition coefficient (Wildman–Crippen LogP) is 1.35. The second-order valence-corrected chi connectivity index (χ2v) is 6.15. The van der Waals surface area contributed by atoms with E-state index in [9.17, 15) is 4.79 Å². The summed E-state index contributed by atoms with van der Waals surface area (Å²) < 4.78 is 0. The molecule has 1 heterocycles. The molecule has 1 rings (SSSR count). The van der Waals surface area contributed by atoms with Gasteiger partial charge in [0, 0.05) is 25.2 Å². The van der Waals surface area contributed by atoms with Crippen LogP contribution in [0.1, 0.15) is 47.0 Å². The van der Waals surface area contributed by atoms with Crippen LogP contribution in [-0.2, 0) is 4.79 Å². The Morgan fingerprint density at radius 1 is 1.28 bits per heavy atom. The Labute approximate surface area is 111 Å². The molecule has 0 aliphatic carbocycles. The number of nitrogens with one attached hydrogen (secondary N) is 1. The Morgan fingerprint density at radius 2 is 1.83 bits per heavy atom. The molecule has 0 aromatic heterocycles. The highest BCUT2D eigenvalue weighted by Gasteiger charge is 2.24. The third-order valence-corrected chi connectivity index (χ3v) is 3.67. The van der Waals surface area contributed by atoms with Crippen molar-refractivity contribution in [3.05, 3.63) is 0 Å². The van der Waals surface area contributed by atoms with Crippen molar-refractivity contribution >= 4 is 5.91 Å². The summed E-state index contributed by atoms with van der Waals surface area (Å²) in [5.41, 5.74) is 5.89. The molecule has 1 saturated heterocycles. The summed E-state index contributed by atoms with van der Waals surface area (Å²) in [6.45, 7) is 10.8. The molecule has 0 saturated carbocycles. The molecule has 4 heteroatoms. The van der Waals surface area contributed by atoms with Gasteiger partial charge in [-0.15, -0.1) is 0 Å². The predicted molar refractivity (Wildman–Crippen MR) is 75.3 cm³/mol. The maximum absolute atomic E-state index is 11.9. The number of likely N-dealkylation sites (tertiary alicyclic amines) is 1. The summed E-state index contributed by atoms with van der Waals surface area (Å²) >= 11 is 0. The monoisotopic (exact) mass is 255 g/mol. The van der Waals surface area contributed by atoms with E-state index in [4.69, 9.17) is 5.73 Å². The molecule has 3 N–H and O–H groups in total. The van der Waals surface area contributed by atoms with Crippen molar-refractivity contribution in [1.29, 1.82) is 0 Å². The molecular weight excluding hydrogens is 226 g/mol. The van der Waals surface area contributed by atoms with Gasteiger partial charge in [-0.05, 0) is 39.0 Å². The first-order chi connectivity index (χ1) is 8.40. The number of amides is 1. The van der Waals surface area contributed by atoms with Gasteiger partial charge in [0.25, 0.3) is 0 Å². The van der Waals surface area contributed by atoms with Gasteiger partial charge in [-0.25, -0.2) is 0 Å². The fourth-order valence-electron chi connectivity index (χ4n) is 2.48. The minimum absolute atomic E-state index is 0.0201.